The molecule has 1 aromatic rings. The summed E-state index contributed by atoms with van der Waals surface area (Å²) in [5.41, 5.74) is 0. The molecule has 0 saturated heterocycles. The highest BCUT2D eigenvalue weighted by Crippen LogP contribution is 2.14. The average molecular weight is 218 g/mol. The van der Waals surface area contributed by atoms with E-state index in [-0.39, 0.29) is 6.10 Å². The topological polar surface area (TPSA) is 26.3 Å². The van der Waals surface area contributed by atoms with E-state index in [0.717, 1.165) is 31.3 Å². The maximum absolute atomic E-state index is 10.3. The Labute approximate surface area is 96.9 Å². The predicted molar refractivity (Wildman–Crippen MR) is 65.6 cm³/mol. The molecule has 0 N–H and O–H groups in total. The second-order valence-corrected chi connectivity index (χ2v) is 3.63. The van der Waals surface area contributed by atoms with Crippen molar-refractivity contribution in [1.29, 1.82) is 0 Å². The fourth-order valence-electron chi connectivity index (χ4n) is 1.44. The van der Waals surface area contributed by atoms with Gasteiger partial charge in [-0.3, -0.25) is 4.79 Å². The monoisotopic (exact) mass is 218 g/mol. The van der Waals surface area contributed by atoms with Gasteiger partial charge in [0.05, 0.1) is 0 Å². The minimum absolute atomic E-state index is 0.00690. The molecule has 0 amide bonds. The van der Waals surface area contributed by atoms with E-state index in [1.165, 1.54) is 6.08 Å². The van der Waals surface area contributed by atoms with Gasteiger partial charge >= 0.3 is 0 Å². The van der Waals surface area contributed by atoms with Crippen LogP contribution in [0.4, 0.5) is 0 Å². The fourth-order valence-corrected chi connectivity index (χ4v) is 1.44. The number of allylic oxidation sites excluding steroid dienone is 1. The molecule has 0 spiro atoms. The van der Waals surface area contributed by atoms with E-state index in [1.807, 2.05) is 36.4 Å². The Morgan fingerprint density at radius 3 is 2.69 bits per heavy atom. The molecule has 1 rings (SSSR count). The maximum atomic E-state index is 10.3. The van der Waals surface area contributed by atoms with Gasteiger partial charge in [-0.25, -0.2) is 0 Å². The second-order valence-electron chi connectivity index (χ2n) is 3.63. The van der Waals surface area contributed by atoms with Crippen molar-refractivity contribution in [2.24, 2.45) is 0 Å². The highest BCUT2D eigenvalue weighted by molar-refractivity contribution is 5.64. The Morgan fingerprint density at radius 1 is 1.31 bits per heavy atom. The van der Waals surface area contributed by atoms with Gasteiger partial charge in [0.2, 0.25) is 0 Å². The molecule has 0 aliphatic carbocycles. The summed E-state index contributed by atoms with van der Waals surface area (Å²) < 4.78 is 5.77. The lowest BCUT2D eigenvalue weighted by Crippen LogP contribution is -2.13. The molecule has 86 valence electrons. The molecule has 0 fully saturated rings. The Kier molecular flexibility index (Phi) is 6.00. The number of aldehydes is 1. The van der Waals surface area contributed by atoms with Crippen LogP contribution in [0.5, 0.6) is 5.75 Å². The SMILES string of the molecule is CCCCC(C=CC=O)Oc1ccccc1. The van der Waals surface area contributed by atoms with Crippen LogP contribution >= 0.6 is 0 Å². The number of carbonyl (C=O) groups excluding carboxylic acids is 1. The Morgan fingerprint density at radius 2 is 2.06 bits per heavy atom. The molecule has 1 atom stereocenters. The molecule has 0 radical (unpaired) electrons. The Bertz CT molecular complexity index is 317. The first-order valence-corrected chi connectivity index (χ1v) is 5.70. The van der Waals surface area contributed by atoms with E-state index < -0.39 is 0 Å². The average Bonchev–Trinajstić information content (AvgIpc) is 2.34. The van der Waals surface area contributed by atoms with Crippen molar-refractivity contribution in [2.75, 3.05) is 0 Å². The number of hydrogen-bond donors (Lipinski definition) is 0. The summed E-state index contributed by atoms with van der Waals surface area (Å²) >= 11 is 0. The molecule has 0 aromatic heterocycles. The van der Waals surface area contributed by atoms with Crippen molar-refractivity contribution in [3.05, 3.63) is 42.5 Å². The molecular weight excluding hydrogens is 200 g/mol. The quantitative estimate of drug-likeness (QED) is 0.518. The number of carbonyl (C=O) groups is 1. The Balaban J connectivity index is 2.55. The third kappa shape index (κ3) is 4.78. The van der Waals surface area contributed by atoms with Crippen LogP contribution < -0.4 is 4.74 Å². The number of unbranched alkanes of at least 4 members (excludes halogenated alkanes) is 1. The van der Waals surface area contributed by atoms with E-state index in [2.05, 4.69) is 6.92 Å². The number of benzene rings is 1. The van der Waals surface area contributed by atoms with Crippen LogP contribution in [-0.4, -0.2) is 12.4 Å². The summed E-state index contributed by atoms with van der Waals surface area (Å²) in [6.45, 7) is 2.14. The van der Waals surface area contributed by atoms with Crippen LogP contribution in [0, 0.1) is 0 Å². The van der Waals surface area contributed by atoms with Crippen molar-refractivity contribution in [3.8, 4) is 5.75 Å². The van der Waals surface area contributed by atoms with Gasteiger partial charge in [-0.05, 0) is 37.1 Å². The molecule has 1 aromatic carbocycles. The standard InChI is InChI=1S/C14H18O2/c1-2-3-8-13(11-7-12-15)16-14-9-5-4-6-10-14/h4-7,9-13H,2-3,8H2,1H3. The van der Waals surface area contributed by atoms with Gasteiger partial charge in [0.15, 0.2) is 0 Å². The van der Waals surface area contributed by atoms with Gasteiger partial charge < -0.3 is 4.74 Å². The molecule has 1 unspecified atom stereocenters. The fraction of sp³-hybridized carbons (Fsp3) is 0.357. The minimum atomic E-state index is -0.00690. The summed E-state index contributed by atoms with van der Waals surface area (Å²) in [5.74, 6) is 0.846. The van der Waals surface area contributed by atoms with Gasteiger partial charge in [-0.15, -0.1) is 0 Å². The lowest BCUT2D eigenvalue weighted by Gasteiger charge is -2.15. The van der Waals surface area contributed by atoms with Crippen molar-refractivity contribution < 1.29 is 9.53 Å². The molecule has 0 aliphatic heterocycles. The molecule has 2 nitrogen and oxygen atoms in total. The zero-order valence-electron chi connectivity index (χ0n) is 9.63. The molecule has 0 heterocycles. The van der Waals surface area contributed by atoms with Crippen LogP contribution in [0.15, 0.2) is 42.5 Å². The first-order chi connectivity index (χ1) is 7.86. The highest BCUT2D eigenvalue weighted by Gasteiger charge is 2.05. The van der Waals surface area contributed by atoms with Crippen LogP contribution in [0.3, 0.4) is 0 Å². The van der Waals surface area contributed by atoms with Gasteiger partial charge in [-0.2, -0.15) is 0 Å². The van der Waals surface area contributed by atoms with Crippen LogP contribution in [0.2, 0.25) is 0 Å². The maximum Gasteiger partial charge on any atom is 0.142 e. The summed E-state index contributed by atoms with van der Waals surface area (Å²) in [6.07, 6.45) is 7.26. The third-order valence-corrected chi connectivity index (χ3v) is 2.28. The largest absolute Gasteiger partial charge is 0.486 e. The molecule has 0 aliphatic rings. The number of para-hydroxylation sites is 1. The summed E-state index contributed by atoms with van der Waals surface area (Å²) in [4.78, 5) is 10.3. The van der Waals surface area contributed by atoms with E-state index in [4.69, 9.17) is 4.74 Å². The molecule has 2 heteroatoms. The van der Waals surface area contributed by atoms with Gasteiger partial charge in [0.1, 0.15) is 18.1 Å². The molecule has 16 heavy (non-hydrogen) atoms. The number of rotatable bonds is 7. The van der Waals surface area contributed by atoms with Crippen molar-refractivity contribution in [3.63, 3.8) is 0 Å². The predicted octanol–water partition coefficient (Wildman–Crippen LogP) is 3.38. The minimum Gasteiger partial charge on any atom is -0.486 e. The van der Waals surface area contributed by atoms with E-state index >= 15 is 0 Å². The number of hydrogen-bond acceptors (Lipinski definition) is 2. The lowest BCUT2D eigenvalue weighted by atomic mass is 10.1. The first kappa shape index (κ1) is 12.5. The molecule has 0 bridgehead atoms. The zero-order chi connectivity index (χ0) is 11.6. The van der Waals surface area contributed by atoms with Crippen molar-refractivity contribution in [2.45, 2.75) is 32.3 Å². The van der Waals surface area contributed by atoms with Crippen LogP contribution in [0.1, 0.15) is 26.2 Å². The summed E-state index contributed by atoms with van der Waals surface area (Å²) in [5, 5.41) is 0. The van der Waals surface area contributed by atoms with Crippen molar-refractivity contribution in [1.82, 2.24) is 0 Å². The number of ether oxygens (including phenoxy) is 1. The molecular formula is C14H18O2. The smallest absolute Gasteiger partial charge is 0.142 e. The van der Waals surface area contributed by atoms with Crippen molar-refractivity contribution >= 4 is 6.29 Å². The van der Waals surface area contributed by atoms with Gasteiger partial charge in [0, 0.05) is 0 Å². The highest BCUT2D eigenvalue weighted by atomic mass is 16.5. The van der Waals surface area contributed by atoms with Gasteiger partial charge in [-0.1, -0.05) is 31.5 Å². The first-order valence-electron chi connectivity index (χ1n) is 5.70. The van der Waals surface area contributed by atoms with E-state index in [1.54, 1.807) is 0 Å². The lowest BCUT2D eigenvalue weighted by molar-refractivity contribution is -0.104. The molecule has 0 saturated carbocycles. The van der Waals surface area contributed by atoms with E-state index in [9.17, 15) is 4.79 Å². The van der Waals surface area contributed by atoms with Crippen LogP contribution in [0.25, 0.3) is 0 Å². The summed E-state index contributed by atoms with van der Waals surface area (Å²) in [6, 6.07) is 9.68. The normalized spacial score (nSPS) is 12.6. The zero-order valence-corrected chi connectivity index (χ0v) is 9.63. The van der Waals surface area contributed by atoms with E-state index in [0.29, 0.717) is 0 Å². The Hall–Kier alpha value is -1.57. The van der Waals surface area contributed by atoms with Crippen LogP contribution in [-0.2, 0) is 4.79 Å². The van der Waals surface area contributed by atoms with Gasteiger partial charge in [0.25, 0.3) is 0 Å². The summed E-state index contributed by atoms with van der Waals surface area (Å²) in [7, 11) is 0. The second kappa shape index (κ2) is 7.69. The third-order valence-electron chi connectivity index (χ3n) is 2.28.